The SMILES string of the molecule is Fc1ccc(-c2cc(F)c(F)cc2F)cc1. The standard InChI is InChI=1S/C12H6F4/c13-8-3-1-7(2-4-8)9-5-11(15)12(16)6-10(9)14/h1-6H. The topological polar surface area (TPSA) is 0 Å². The minimum absolute atomic E-state index is 0.0982. The number of hydrogen-bond acceptors (Lipinski definition) is 0. The molecule has 16 heavy (non-hydrogen) atoms. The molecule has 0 saturated heterocycles. The molecule has 0 atom stereocenters. The number of rotatable bonds is 1. The Morgan fingerprint density at radius 1 is 0.625 bits per heavy atom. The second-order valence-electron chi connectivity index (χ2n) is 3.25. The lowest BCUT2D eigenvalue weighted by atomic mass is 10.0. The fraction of sp³-hybridized carbons (Fsp3) is 0. The van der Waals surface area contributed by atoms with Crippen molar-refractivity contribution in [3.8, 4) is 11.1 Å². The average Bonchev–Trinajstić information content (AvgIpc) is 2.25. The van der Waals surface area contributed by atoms with Gasteiger partial charge in [-0.25, -0.2) is 17.6 Å². The first-order valence-corrected chi connectivity index (χ1v) is 4.48. The highest BCUT2D eigenvalue weighted by Crippen LogP contribution is 2.25. The van der Waals surface area contributed by atoms with Gasteiger partial charge in [-0.15, -0.1) is 0 Å². The van der Waals surface area contributed by atoms with Crippen LogP contribution in [0.5, 0.6) is 0 Å². The fourth-order valence-electron chi connectivity index (χ4n) is 1.37. The summed E-state index contributed by atoms with van der Waals surface area (Å²) in [5.74, 6) is -3.75. The van der Waals surface area contributed by atoms with Crippen LogP contribution in [0.2, 0.25) is 0 Å². The Kier molecular flexibility index (Phi) is 2.64. The van der Waals surface area contributed by atoms with E-state index in [2.05, 4.69) is 0 Å². The lowest BCUT2D eigenvalue weighted by molar-refractivity contribution is 0.496. The lowest BCUT2D eigenvalue weighted by Gasteiger charge is -2.04. The van der Waals surface area contributed by atoms with Gasteiger partial charge in [0.25, 0.3) is 0 Å². The highest BCUT2D eigenvalue weighted by Gasteiger charge is 2.11. The summed E-state index contributed by atoms with van der Waals surface area (Å²) in [6, 6.07) is 6.05. The number of hydrogen-bond donors (Lipinski definition) is 0. The van der Waals surface area contributed by atoms with Gasteiger partial charge in [0.2, 0.25) is 0 Å². The van der Waals surface area contributed by atoms with Crippen LogP contribution < -0.4 is 0 Å². The van der Waals surface area contributed by atoms with Crippen LogP contribution in [0, 0.1) is 23.3 Å². The van der Waals surface area contributed by atoms with Crippen LogP contribution in [-0.4, -0.2) is 0 Å². The van der Waals surface area contributed by atoms with E-state index in [0.717, 1.165) is 18.2 Å². The van der Waals surface area contributed by atoms with Crippen molar-refractivity contribution in [2.45, 2.75) is 0 Å². The van der Waals surface area contributed by atoms with Gasteiger partial charge < -0.3 is 0 Å². The second-order valence-corrected chi connectivity index (χ2v) is 3.25. The van der Waals surface area contributed by atoms with Gasteiger partial charge in [-0.3, -0.25) is 0 Å². The molecule has 0 aliphatic carbocycles. The van der Waals surface area contributed by atoms with Crippen LogP contribution in [0.4, 0.5) is 17.6 Å². The molecule has 0 bridgehead atoms. The molecule has 0 radical (unpaired) electrons. The van der Waals surface area contributed by atoms with Gasteiger partial charge >= 0.3 is 0 Å². The first-order valence-electron chi connectivity index (χ1n) is 4.48. The molecule has 4 heteroatoms. The second kappa shape index (κ2) is 3.96. The zero-order chi connectivity index (χ0) is 11.7. The Morgan fingerprint density at radius 2 is 1.19 bits per heavy atom. The third kappa shape index (κ3) is 1.91. The van der Waals surface area contributed by atoms with Crippen molar-refractivity contribution in [1.82, 2.24) is 0 Å². The zero-order valence-corrected chi connectivity index (χ0v) is 7.98. The number of benzene rings is 2. The van der Waals surface area contributed by atoms with Gasteiger partial charge in [0.15, 0.2) is 11.6 Å². The van der Waals surface area contributed by atoms with Gasteiger partial charge in [0.05, 0.1) is 0 Å². The van der Waals surface area contributed by atoms with E-state index < -0.39 is 23.3 Å². The van der Waals surface area contributed by atoms with Crippen LogP contribution in [0.25, 0.3) is 11.1 Å². The van der Waals surface area contributed by atoms with Crippen LogP contribution >= 0.6 is 0 Å². The molecule has 0 amide bonds. The summed E-state index contributed by atoms with van der Waals surface area (Å²) >= 11 is 0. The van der Waals surface area contributed by atoms with E-state index in [9.17, 15) is 17.6 Å². The zero-order valence-electron chi connectivity index (χ0n) is 7.98. The summed E-state index contributed by atoms with van der Waals surface area (Å²) in [7, 11) is 0. The summed E-state index contributed by atoms with van der Waals surface area (Å²) in [6.45, 7) is 0. The van der Waals surface area contributed by atoms with Crippen molar-refractivity contribution in [2.75, 3.05) is 0 Å². The monoisotopic (exact) mass is 226 g/mol. The molecule has 0 aromatic heterocycles. The van der Waals surface area contributed by atoms with Crippen molar-refractivity contribution in [1.29, 1.82) is 0 Å². The van der Waals surface area contributed by atoms with Crippen molar-refractivity contribution in [3.63, 3.8) is 0 Å². The van der Waals surface area contributed by atoms with E-state index in [0.29, 0.717) is 6.07 Å². The highest BCUT2D eigenvalue weighted by molar-refractivity contribution is 5.64. The molecule has 2 rings (SSSR count). The van der Waals surface area contributed by atoms with Gasteiger partial charge in [-0.2, -0.15) is 0 Å². The van der Waals surface area contributed by atoms with E-state index >= 15 is 0 Å². The predicted molar refractivity (Wildman–Crippen MR) is 51.7 cm³/mol. The summed E-state index contributed by atoms with van der Waals surface area (Å²) < 4.78 is 51.5. The molecule has 2 aromatic carbocycles. The van der Waals surface area contributed by atoms with Crippen molar-refractivity contribution in [2.24, 2.45) is 0 Å². The average molecular weight is 226 g/mol. The van der Waals surface area contributed by atoms with Crippen LogP contribution in [-0.2, 0) is 0 Å². The quantitative estimate of drug-likeness (QED) is 0.510. The first-order chi connectivity index (χ1) is 7.58. The first kappa shape index (κ1) is 10.7. The van der Waals surface area contributed by atoms with Crippen molar-refractivity contribution >= 4 is 0 Å². The predicted octanol–water partition coefficient (Wildman–Crippen LogP) is 3.91. The summed E-state index contributed by atoms with van der Waals surface area (Å²) in [4.78, 5) is 0. The maximum atomic E-state index is 13.3. The fourth-order valence-corrected chi connectivity index (χ4v) is 1.37. The van der Waals surface area contributed by atoms with Gasteiger partial charge in [0.1, 0.15) is 11.6 Å². The van der Waals surface area contributed by atoms with Crippen LogP contribution in [0.3, 0.4) is 0 Å². The molecule has 82 valence electrons. The van der Waals surface area contributed by atoms with Crippen LogP contribution in [0.15, 0.2) is 36.4 Å². The molecule has 0 fully saturated rings. The molecule has 0 saturated carbocycles. The van der Waals surface area contributed by atoms with E-state index in [1.165, 1.54) is 12.1 Å². The highest BCUT2D eigenvalue weighted by atomic mass is 19.2. The van der Waals surface area contributed by atoms with E-state index in [1.54, 1.807) is 0 Å². The minimum Gasteiger partial charge on any atom is -0.207 e. The van der Waals surface area contributed by atoms with E-state index in [4.69, 9.17) is 0 Å². The largest absolute Gasteiger partial charge is 0.207 e. The van der Waals surface area contributed by atoms with E-state index in [-0.39, 0.29) is 11.1 Å². The molecular weight excluding hydrogens is 220 g/mol. The summed E-state index contributed by atoms with van der Waals surface area (Å²) in [5, 5.41) is 0. The lowest BCUT2D eigenvalue weighted by Crippen LogP contribution is -1.91. The van der Waals surface area contributed by atoms with E-state index in [1.807, 2.05) is 0 Å². The number of halogens is 4. The molecule has 0 N–H and O–H groups in total. The summed E-state index contributed by atoms with van der Waals surface area (Å²) in [5.41, 5.74) is 0.191. The third-order valence-electron chi connectivity index (χ3n) is 2.17. The van der Waals surface area contributed by atoms with Gasteiger partial charge in [0, 0.05) is 11.6 Å². The Balaban J connectivity index is 2.56. The Morgan fingerprint density at radius 3 is 1.81 bits per heavy atom. The Labute approximate surface area is 89.2 Å². The Bertz CT molecular complexity index is 517. The molecule has 0 spiro atoms. The normalized spacial score (nSPS) is 10.5. The summed E-state index contributed by atoms with van der Waals surface area (Å²) in [6.07, 6.45) is 0. The smallest absolute Gasteiger partial charge is 0.161 e. The van der Waals surface area contributed by atoms with Crippen molar-refractivity contribution in [3.05, 3.63) is 59.7 Å². The van der Waals surface area contributed by atoms with Crippen LogP contribution in [0.1, 0.15) is 0 Å². The molecule has 0 heterocycles. The molecule has 0 aliphatic rings. The molecule has 0 nitrogen and oxygen atoms in total. The molecule has 0 unspecified atom stereocenters. The third-order valence-corrected chi connectivity index (χ3v) is 2.17. The molecule has 0 aliphatic heterocycles. The molecule has 2 aromatic rings. The van der Waals surface area contributed by atoms with Gasteiger partial charge in [-0.05, 0) is 23.8 Å². The minimum atomic E-state index is -1.25. The molecular formula is C12H6F4. The maximum Gasteiger partial charge on any atom is 0.161 e. The van der Waals surface area contributed by atoms with Crippen molar-refractivity contribution < 1.29 is 17.6 Å². The van der Waals surface area contributed by atoms with Gasteiger partial charge in [-0.1, -0.05) is 12.1 Å². The Hall–Kier alpha value is -1.84. The maximum absolute atomic E-state index is 13.3.